The monoisotopic (exact) mass is 236 g/mol. The highest BCUT2D eigenvalue weighted by atomic mass is 35.5. The van der Waals surface area contributed by atoms with Crippen LogP contribution in [-0.2, 0) is 0 Å². The summed E-state index contributed by atoms with van der Waals surface area (Å²) in [5.74, 6) is 0.449. The molecule has 4 nitrogen and oxygen atoms in total. The van der Waals surface area contributed by atoms with Crippen molar-refractivity contribution in [2.75, 3.05) is 7.11 Å². The lowest BCUT2D eigenvalue weighted by Gasteiger charge is -2.10. The van der Waals surface area contributed by atoms with Gasteiger partial charge in [-0.15, -0.1) is 0 Å². The van der Waals surface area contributed by atoms with Gasteiger partial charge in [0, 0.05) is 12.3 Å². The molecule has 0 amide bonds. The second-order valence-corrected chi connectivity index (χ2v) is 3.44. The minimum Gasteiger partial charge on any atom is -0.494 e. The molecule has 16 heavy (non-hydrogen) atoms. The van der Waals surface area contributed by atoms with E-state index in [9.17, 15) is 4.79 Å². The first-order chi connectivity index (χ1) is 7.74. The minimum absolute atomic E-state index is 0.223. The Kier molecular flexibility index (Phi) is 2.92. The molecule has 0 atom stereocenters. The largest absolute Gasteiger partial charge is 0.494 e. The molecule has 82 valence electrons. The van der Waals surface area contributed by atoms with Crippen molar-refractivity contribution in [1.82, 2.24) is 9.55 Å². The van der Waals surface area contributed by atoms with Gasteiger partial charge in [0.2, 0.25) is 0 Å². The van der Waals surface area contributed by atoms with Gasteiger partial charge in [-0.05, 0) is 18.2 Å². The number of nitrogens with zero attached hydrogens (tertiary/aromatic N) is 2. The first-order valence-corrected chi connectivity index (χ1v) is 4.98. The molecule has 2 heterocycles. The summed E-state index contributed by atoms with van der Waals surface area (Å²) in [4.78, 5) is 15.6. The van der Waals surface area contributed by atoms with Crippen LogP contribution >= 0.6 is 11.6 Å². The lowest BCUT2D eigenvalue weighted by molar-refractivity contribution is 0.411. The van der Waals surface area contributed by atoms with Gasteiger partial charge in [0.1, 0.15) is 0 Å². The zero-order valence-electron chi connectivity index (χ0n) is 8.55. The number of pyridine rings is 2. The second kappa shape index (κ2) is 4.37. The van der Waals surface area contributed by atoms with Gasteiger partial charge in [-0.1, -0.05) is 11.6 Å². The fourth-order valence-electron chi connectivity index (χ4n) is 1.38. The smallest absolute Gasteiger partial charge is 0.256 e. The van der Waals surface area contributed by atoms with Gasteiger partial charge in [0.15, 0.2) is 10.9 Å². The Balaban J connectivity index is 2.69. The summed E-state index contributed by atoms with van der Waals surface area (Å²) >= 11 is 6.06. The molecule has 2 rings (SSSR count). The third kappa shape index (κ3) is 1.79. The molecule has 0 bridgehead atoms. The molecule has 0 unspecified atom stereocenters. The van der Waals surface area contributed by atoms with Gasteiger partial charge in [0.05, 0.1) is 19.0 Å². The zero-order valence-corrected chi connectivity index (χ0v) is 9.31. The van der Waals surface area contributed by atoms with Crippen LogP contribution in [0.3, 0.4) is 0 Å². The molecule has 0 radical (unpaired) electrons. The third-order valence-electron chi connectivity index (χ3n) is 2.12. The van der Waals surface area contributed by atoms with Crippen LogP contribution in [0.1, 0.15) is 0 Å². The molecular formula is C11H9ClN2O2. The Morgan fingerprint density at radius 2 is 2.19 bits per heavy atom. The molecule has 0 N–H and O–H groups in total. The highest BCUT2D eigenvalue weighted by Crippen LogP contribution is 2.23. The van der Waals surface area contributed by atoms with E-state index in [1.54, 1.807) is 24.5 Å². The predicted octanol–water partition coefficient (Wildman–Crippen LogP) is 1.89. The quantitative estimate of drug-likeness (QED) is 0.748. The highest BCUT2D eigenvalue weighted by Gasteiger charge is 2.09. The summed E-state index contributed by atoms with van der Waals surface area (Å²) in [7, 11) is 1.50. The maximum Gasteiger partial charge on any atom is 0.256 e. The first-order valence-electron chi connectivity index (χ1n) is 4.60. The summed E-state index contributed by atoms with van der Waals surface area (Å²) in [6, 6.07) is 6.42. The molecule has 0 aromatic carbocycles. The average molecular weight is 237 g/mol. The van der Waals surface area contributed by atoms with Crippen molar-refractivity contribution in [1.29, 1.82) is 0 Å². The normalized spacial score (nSPS) is 10.1. The van der Waals surface area contributed by atoms with E-state index in [0.717, 1.165) is 0 Å². The molecule has 0 saturated heterocycles. The maximum atomic E-state index is 11.7. The standard InChI is InChI=1S/C11H9ClN2O2/c1-16-9-4-5-10(15)14(11(9)12)8-3-2-6-13-7-8/h2-7H,1H3. The number of rotatable bonds is 2. The van der Waals surface area contributed by atoms with Crippen molar-refractivity contribution in [3.63, 3.8) is 0 Å². The van der Waals surface area contributed by atoms with Gasteiger partial charge >= 0.3 is 0 Å². The molecule has 0 aliphatic carbocycles. The number of hydrogen-bond donors (Lipinski definition) is 0. The SMILES string of the molecule is COc1ccc(=O)n(-c2cccnc2)c1Cl. The number of halogens is 1. The number of methoxy groups -OCH3 is 1. The van der Waals surface area contributed by atoms with Crippen LogP contribution < -0.4 is 10.3 Å². The number of ether oxygens (including phenoxy) is 1. The predicted molar refractivity (Wildman–Crippen MR) is 61.4 cm³/mol. The fraction of sp³-hybridized carbons (Fsp3) is 0.0909. The molecule has 0 aliphatic heterocycles. The van der Waals surface area contributed by atoms with Crippen LogP contribution in [0, 0.1) is 0 Å². The molecule has 0 saturated carbocycles. The average Bonchev–Trinajstić information content (AvgIpc) is 2.31. The minimum atomic E-state index is -0.223. The summed E-state index contributed by atoms with van der Waals surface area (Å²) in [5.41, 5.74) is 0.384. The second-order valence-electron chi connectivity index (χ2n) is 3.08. The van der Waals surface area contributed by atoms with E-state index in [-0.39, 0.29) is 10.7 Å². The van der Waals surface area contributed by atoms with E-state index in [1.807, 2.05) is 0 Å². The van der Waals surface area contributed by atoms with E-state index < -0.39 is 0 Å². The lowest BCUT2D eigenvalue weighted by Crippen LogP contribution is -2.18. The van der Waals surface area contributed by atoms with Gasteiger partial charge in [-0.2, -0.15) is 0 Å². The summed E-state index contributed by atoms with van der Waals surface area (Å²) in [6.07, 6.45) is 3.19. The van der Waals surface area contributed by atoms with Crippen molar-refractivity contribution in [2.24, 2.45) is 0 Å². The molecule has 0 spiro atoms. The van der Waals surface area contributed by atoms with Crippen LogP contribution in [0.4, 0.5) is 0 Å². The van der Waals surface area contributed by atoms with E-state index in [4.69, 9.17) is 16.3 Å². The van der Waals surface area contributed by atoms with Crippen LogP contribution in [-0.4, -0.2) is 16.7 Å². The Morgan fingerprint density at radius 1 is 1.38 bits per heavy atom. The molecular weight excluding hydrogens is 228 g/mol. The molecule has 2 aromatic heterocycles. The maximum absolute atomic E-state index is 11.7. The summed E-state index contributed by atoms with van der Waals surface area (Å²) in [6.45, 7) is 0. The van der Waals surface area contributed by atoms with Crippen molar-refractivity contribution < 1.29 is 4.74 Å². The van der Waals surface area contributed by atoms with Gasteiger partial charge in [-0.25, -0.2) is 0 Å². The van der Waals surface area contributed by atoms with Gasteiger partial charge < -0.3 is 4.74 Å². The van der Waals surface area contributed by atoms with Crippen molar-refractivity contribution >= 4 is 11.6 Å². The fourth-order valence-corrected chi connectivity index (χ4v) is 1.70. The summed E-state index contributed by atoms with van der Waals surface area (Å²) in [5, 5.41) is 0.239. The van der Waals surface area contributed by atoms with E-state index in [2.05, 4.69) is 4.98 Å². The zero-order chi connectivity index (χ0) is 11.5. The van der Waals surface area contributed by atoms with E-state index in [0.29, 0.717) is 11.4 Å². The van der Waals surface area contributed by atoms with Gasteiger partial charge in [-0.3, -0.25) is 14.3 Å². The molecule has 0 aliphatic rings. The highest BCUT2D eigenvalue weighted by molar-refractivity contribution is 6.31. The van der Waals surface area contributed by atoms with Crippen LogP contribution in [0.25, 0.3) is 5.69 Å². The molecule has 5 heteroatoms. The first kappa shape index (κ1) is 10.7. The Morgan fingerprint density at radius 3 is 2.81 bits per heavy atom. The Bertz CT molecular complexity index is 552. The third-order valence-corrected chi connectivity index (χ3v) is 2.48. The number of aromatic nitrogens is 2. The Labute approximate surface area is 97.1 Å². The van der Waals surface area contributed by atoms with E-state index >= 15 is 0 Å². The molecule has 2 aromatic rings. The lowest BCUT2D eigenvalue weighted by atomic mass is 10.3. The van der Waals surface area contributed by atoms with Crippen molar-refractivity contribution in [3.8, 4) is 11.4 Å². The number of hydrogen-bond acceptors (Lipinski definition) is 3. The van der Waals surface area contributed by atoms with Crippen molar-refractivity contribution in [2.45, 2.75) is 0 Å². The van der Waals surface area contributed by atoms with Crippen molar-refractivity contribution in [3.05, 3.63) is 52.2 Å². The topological polar surface area (TPSA) is 44.1 Å². The van der Waals surface area contributed by atoms with Crippen LogP contribution in [0.2, 0.25) is 5.15 Å². The van der Waals surface area contributed by atoms with Crippen LogP contribution in [0.15, 0.2) is 41.5 Å². The van der Waals surface area contributed by atoms with E-state index in [1.165, 1.54) is 23.8 Å². The summed E-state index contributed by atoms with van der Waals surface area (Å²) < 4.78 is 6.39. The van der Waals surface area contributed by atoms with Crippen LogP contribution in [0.5, 0.6) is 5.75 Å². The Hall–Kier alpha value is -1.81. The van der Waals surface area contributed by atoms with Gasteiger partial charge in [0.25, 0.3) is 5.56 Å². The molecule has 0 fully saturated rings.